The van der Waals surface area contributed by atoms with Crippen LogP contribution in [0, 0.1) is 10.1 Å². The molecule has 2 aromatic rings. The lowest BCUT2D eigenvalue weighted by molar-refractivity contribution is -0.384. The number of aliphatic hydroxyl groups excluding tert-OH is 1. The Balaban J connectivity index is 2.40. The molecule has 1 aromatic carbocycles. The van der Waals surface area contributed by atoms with Gasteiger partial charge in [0.05, 0.1) is 4.92 Å². The van der Waals surface area contributed by atoms with Crippen LogP contribution in [0.4, 0.5) is 17.2 Å². The highest BCUT2D eigenvalue weighted by molar-refractivity contribution is 6.31. The van der Waals surface area contributed by atoms with Gasteiger partial charge in [0.15, 0.2) is 0 Å². The molecule has 20 heavy (non-hydrogen) atoms. The molecule has 2 N–H and O–H groups in total. The van der Waals surface area contributed by atoms with Gasteiger partial charge in [-0.25, -0.2) is 9.97 Å². The second kappa shape index (κ2) is 6.27. The molecule has 1 heterocycles. The van der Waals surface area contributed by atoms with E-state index in [1.807, 2.05) is 12.1 Å². The predicted octanol–water partition coefficient (Wildman–Crippen LogP) is 2.32. The van der Waals surface area contributed by atoms with E-state index < -0.39 is 4.92 Å². The molecular weight excluding hydrogens is 284 g/mol. The monoisotopic (exact) mass is 294 g/mol. The summed E-state index contributed by atoms with van der Waals surface area (Å²) in [6, 6.07) is 7.15. The van der Waals surface area contributed by atoms with Crippen molar-refractivity contribution in [3.05, 3.63) is 51.4 Å². The van der Waals surface area contributed by atoms with E-state index in [1.54, 1.807) is 12.1 Å². The van der Waals surface area contributed by atoms with Crippen LogP contribution >= 0.6 is 11.6 Å². The SMILES string of the molecule is O=[N+]([O-])c1c(Cl)ncnc1Nc1ccccc1CCO. The van der Waals surface area contributed by atoms with Gasteiger partial charge in [0, 0.05) is 12.3 Å². The number of aromatic nitrogens is 2. The second-order valence-corrected chi connectivity index (χ2v) is 4.23. The van der Waals surface area contributed by atoms with Crippen molar-refractivity contribution >= 4 is 28.8 Å². The first-order chi connectivity index (χ1) is 9.63. The molecule has 104 valence electrons. The number of para-hydroxylation sites is 1. The molecule has 7 nitrogen and oxygen atoms in total. The van der Waals surface area contributed by atoms with Gasteiger partial charge in [-0.3, -0.25) is 10.1 Å². The van der Waals surface area contributed by atoms with E-state index >= 15 is 0 Å². The molecular formula is C12H11ClN4O3. The summed E-state index contributed by atoms with van der Waals surface area (Å²) in [5.41, 5.74) is 1.06. The highest BCUT2D eigenvalue weighted by Crippen LogP contribution is 2.31. The molecule has 0 saturated carbocycles. The van der Waals surface area contributed by atoms with Gasteiger partial charge in [0.1, 0.15) is 6.33 Å². The van der Waals surface area contributed by atoms with Crippen molar-refractivity contribution in [3.8, 4) is 0 Å². The third-order valence-electron chi connectivity index (χ3n) is 2.61. The lowest BCUT2D eigenvalue weighted by Gasteiger charge is -2.10. The van der Waals surface area contributed by atoms with Gasteiger partial charge in [-0.05, 0) is 18.1 Å². The molecule has 0 aliphatic heterocycles. The van der Waals surface area contributed by atoms with Crippen LogP contribution in [0.1, 0.15) is 5.56 Å². The maximum atomic E-state index is 11.0. The Morgan fingerprint density at radius 2 is 2.10 bits per heavy atom. The van der Waals surface area contributed by atoms with E-state index in [1.165, 1.54) is 0 Å². The van der Waals surface area contributed by atoms with Crippen LogP contribution in [0.5, 0.6) is 0 Å². The van der Waals surface area contributed by atoms with Crippen molar-refractivity contribution in [2.75, 3.05) is 11.9 Å². The zero-order valence-corrected chi connectivity index (χ0v) is 11.0. The smallest absolute Gasteiger partial charge is 0.348 e. The van der Waals surface area contributed by atoms with Crippen molar-refractivity contribution in [3.63, 3.8) is 0 Å². The fourth-order valence-electron chi connectivity index (χ4n) is 1.72. The molecule has 0 saturated heterocycles. The lowest BCUT2D eigenvalue weighted by atomic mass is 10.1. The number of benzene rings is 1. The molecule has 0 fully saturated rings. The number of nitro groups is 1. The minimum Gasteiger partial charge on any atom is -0.396 e. The lowest BCUT2D eigenvalue weighted by Crippen LogP contribution is -2.04. The Kier molecular flexibility index (Phi) is 4.44. The summed E-state index contributed by atoms with van der Waals surface area (Å²) in [7, 11) is 0. The van der Waals surface area contributed by atoms with Gasteiger partial charge in [-0.15, -0.1) is 0 Å². The van der Waals surface area contributed by atoms with Crippen molar-refractivity contribution in [1.82, 2.24) is 9.97 Å². The number of halogens is 1. The number of aliphatic hydroxyl groups is 1. The third kappa shape index (κ3) is 3.01. The van der Waals surface area contributed by atoms with Gasteiger partial charge in [-0.2, -0.15) is 0 Å². The zero-order valence-electron chi connectivity index (χ0n) is 10.3. The fraction of sp³-hybridized carbons (Fsp3) is 0.167. The van der Waals surface area contributed by atoms with Gasteiger partial charge < -0.3 is 10.4 Å². The van der Waals surface area contributed by atoms with E-state index in [-0.39, 0.29) is 23.3 Å². The average Bonchev–Trinajstić information content (AvgIpc) is 2.41. The first-order valence-corrected chi connectivity index (χ1v) is 6.12. The van der Waals surface area contributed by atoms with Crippen LogP contribution in [-0.2, 0) is 6.42 Å². The molecule has 0 amide bonds. The quantitative estimate of drug-likeness (QED) is 0.498. The van der Waals surface area contributed by atoms with E-state index in [2.05, 4.69) is 15.3 Å². The van der Waals surface area contributed by atoms with Crippen molar-refractivity contribution in [1.29, 1.82) is 0 Å². The summed E-state index contributed by atoms with van der Waals surface area (Å²) < 4.78 is 0. The van der Waals surface area contributed by atoms with Gasteiger partial charge >= 0.3 is 5.69 Å². The minimum atomic E-state index is -0.640. The largest absolute Gasteiger partial charge is 0.396 e. The van der Waals surface area contributed by atoms with Crippen LogP contribution < -0.4 is 5.32 Å². The van der Waals surface area contributed by atoms with Crippen LogP contribution in [0.25, 0.3) is 0 Å². The summed E-state index contributed by atoms with van der Waals surface area (Å²) in [5, 5.41) is 22.6. The van der Waals surface area contributed by atoms with Gasteiger partial charge in [-0.1, -0.05) is 29.8 Å². The standard InChI is InChI=1S/C12H11ClN4O3/c13-11-10(17(19)20)12(15-7-14-11)16-9-4-2-1-3-8(9)5-6-18/h1-4,7,18H,5-6H2,(H,14,15,16). The first-order valence-electron chi connectivity index (χ1n) is 5.74. The van der Waals surface area contributed by atoms with E-state index in [0.29, 0.717) is 12.1 Å². The highest BCUT2D eigenvalue weighted by atomic mass is 35.5. The molecule has 8 heteroatoms. The van der Waals surface area contributed by atoms with Crippen molar-refractivity contribution in [2.45, 2.75) is 6.42 Å². The zero-order chi connectivity index (χ0) is 14.5. The Bertz CT molecular complexity index is 636. The number of rotatable bonds is 5. The molecule has 0 radical (unpaired) electrons. The highest BCUT2D eigenvalue weighted by Gasteiger charge is 2.22. The molecule has 0 spiro atoms. The van der Waals surface area contributed by atoms with Gasteiger partial charge in [0.2, 0.25) is 11.0 Å². The van der Waals surface area contributed by atoms with Crippen molar-refractivity contribution in [2.24, 2.45) is 0 Å². The van der Waals surface area contributed by atoms with Gasteiger partial charge in [0.25, 0.3) is 0 Å². The number of hydrogen-bond acceptors (Lipinski definition) is 6. The van der Waals surface area contributed by atoms with Crippen LogP contribution in [0.3, 0.4) is 0 Å². The molecule has 0 atom stereocenters. The van der Waals surface area contributed by atoms with Crippen LogP contribution in [-0.4, -0.2) is 26.6 Å². The summed E-state index contributed by atoms with van der Waals surface area (Å²) >= 11 is 5.72. The summed E-state index contributed by atoms with van der Waals surface area (Å²) in [6.07, 6.45) is 1.57. The van der Waals surface area contributed by atoms with Crippen molar-refractivity contribution < 1.29 is 10.0 Å². The number of nitrogens with one attached hydrogen (secondary N) is 1. The first kappa shape index (κ1) is 14.2. The van der Waals surface area contributed by atoms with E-state index in [4.69, 9.17) is 16.7 Å². The Morgan fingerprint density at radius 3 is 2.80 bits per heavy atom. The Morgan fingerprint density at radius 1 is 1.35 bits per heavy atom. The molecule has 0 unspecified atom stereocenters. The second-order valence-electron chi connectivity index (χ2n) is 3.87. The fourth-order valence-corrected chi connectivity index (χ4v) is 1.92. The average molecular weight is 295 g/mol. The maximum absolute atomic E-state index is 11.0. The van der Waals surface area contributed by atoms with Crippen LogP contribution in [0.15, 0.2) is 30.6 Å². The molecule has 0 aliphatic rings. The number of anilines is 2. The predicted molar refractivity (Wildman–Crippen MR) is 74.2 cm³/mol. The maximum Gasteiger partial charge on any atom is 0.348 e. The minimum absolute atomic E-state index is 0.0142. The third-order valence-corrected chi connectivity index (χ3v) is 2.89. The Hall–Kier alpha value is -2.25. The topological polar surface area (TPSA) is 101 Å². The molecule has 2 rings (SSSR count). The normalized spacial score (nSPS) is 10.3. The summed E-state index contributed by atoms with van der Waals surface area (Å²) in [5.74, 6) is 0.0142. The number of hydrogen-bond donors (Lipinski definition) is 2. The van der Waals surface area contributed by atoms with E-state index in [9.17, 15) is 10.1 Å². The number of nitrogens with zero attached hydrogens (tertiary/aromatic N) is 3. The summed E-state index contributed by atoms with van der Waals surface area (Å²) in [6.45, 7) is -0.0225. The summed E-state index contributed by atoms with van der Waals surface area (Å²) in [4.78, 5) is 17.8. The molecule has 0 aliphatic carbocycles. The Labute approximate surface area is 119 Å². The molecule has 1 aromatic heterocycles. The van der Waals surface area contributed by atoms with Crippen LogP contribution in [0.2, 0.25) is 5.15 Å². The van der Waals surface area contributed by atoms with E-state index in [0.717, 1.165) is 11.9 Å². The molecule has 0 bridgehead atoms.